The number of hydrogen-bond acceptors (Lipinski definition) is 1. The van der Waals surface area contributed by atoms with Crippen LogP contribution >= 0.6 is 11.6 Å². The summed E-state index contributed by atoms with van der Waals surface area (Å²) in [7, 11) is 0. The summed E-state index contributed by atoms with van der Waals surface area (Å²) < 4.78 is 5.50. The molecule has 0 amide bonds. The minimum absolute atomic E-state index is 0.684. The molecule has 1 radical (unpaired) electrons. The largest absolute Gasteiger partial charge is 0.493 e. The van der Waals surface area contributed by atoms with Crippen LogP contribution in [0.25, 0.3) is 0 Å². The van der Waals surface area contributed by atoms with Crippen LogP contribution < -0.4 is 4.74 Å². The van der Waals surface area contributed by atoms with Gasteiger partial charge in [0.25, 0.3) is 0 Å². The van der Waals surface area contributed by atoms with Gasteiger partial charge in [0.2, 0.25) is 0 Å². The summed E-state index contributed by atoms with van der Waals surface area (Å²) in [6.07, 6.45) is 2.62. The van der Waals surface area contributed by atoms with E-state index >= 15 is 0 Å². The second kappa shape index (κ2) is 3.36. The Bertz CT molecular complexity index is 268. The molecule has 0 unspecified atom stereocenters. The maximum Gasteiger partial charge on any atom is 0.121 e. The molecule has 1 aromatic carbocycles. The Kier molecular flexibility index (Phi) is 2.22. The van der Waals surface area contributed by atoms with Crippen LogP contribution in [-0.2, 0) is 0 Å². The first-order chi connectivity index (χ1) is 5.84. The van der Waals surface area contributed by atoms with Gasteiger partial charge in [0.1, 0.15) is 5.75 Å². The Labute approximate surface area is 77.3 Å². The molecule has 1 saturated carbocycles. The quantitative estimate of drug-likeness (QED) is 0.697. The smallest absolute Gasteiger partial charge is 0.121 e. The zero-order valence-electron chi connectivity index (χ0n) is 6.72. The van der Waals surface area contributed by atoms with E-state index in [4.69, 9.17) is 16.3 Å². The fourth-order valence-corrected chi connectivity index (χ4v) is 1.18. The standard InChI is InChI=1S/C10H10ClO/c11-9-2-1-3-10(6-9)12-7-8-4-5-8/h2-3,6,8H,4-5,7H2. The summed E-state index contributed by atoms with van der Waals surface area (Å²) in [6, 6.07) is 8.28. The number of ether oxygens (including phenoxy) is 1. The minimum atomic E-state index is 0.684. The normalized spacial score (nSPS) is 16.1. The second-order valence-electron chi connectivity index (χ2n) is 3.14. The first-order valence-corrected chi connectivity index (χ1v) is 4.52. The highest BCUT2D eigenvalue weighted by Gasteiger charge is 2.21. The van der Waals surface area contributed by atoms with Gasteiger partial charge in [0.15, 0.2) is 0 Å². The van der Waals surface area contributed by atoms with Gasteiger partial charge < -0.3 is 4.74 Å². The van der Waals surface area contributed by atoms with Crippen molar-refractivity contribution >= 4 is 11.6 Å². The van der Waals surface area contributed by atoms with Gasteiger partial charge in [0, 0.05) is 5.02 Å². The van der Waals surface area contributed by atoms with Crippen LogP contribution in [0.2, 0.25) is 5.02 Å². The number of halogens is 1. The Morgan fingerprint density at radius 1 is 1.50 bits per heavy atom. The van der Waals surface area contributed by atoms with Gasteiger partial charge in [-0.05, 0) is 43.0 Å². The summed E-state index contributed by atoms with van der Waals surface area (Å²) in [5, 5.41) is 0.684. The number of hydrogen-bond donors (Lipinski definition) is 0. The summed E-state index contributed by atoms with van der Waals surface area (Å²) in [4.78, 5) is 0. The zero-order chi connectivity index (χ0) is 8.39. The lowest BCUT2D eigenvalue weighted by molar-refractivity contribution is 0.300. The molecule has 63 valence electrons. The molecule has 0 bridgehead atoms. The van der Waals surface area contributed by atoms with E-state index in [-0.39, 0.29) is 0 Å². The Balaban J connectivity index is 1.92. The van der Waals surface area contributed by atoms with Crippen LogP contribution in [0, 0.1) is 12.0 Å². The molecule has 0 heterocycles. The topological polar surface area (TPSA) is 9.23 Å². The minimum Gasteiger partial charge on any atom is -0.493 e. The zero-order valence-corrected chi connectivity index (χ0v) is 7.47. The molecule has 0 atom stereocenters. The third-order valence-corrected chi connectivity index (χ3v) is 2.13. The van der Waals surface area contributed by atoms with Crippen molar-refractivity contribution in [2.45, 2.75) is 12.8 Å². The van der Waals surface area contributed by atoms with Crippen molar-refractivity contribution in [2.75, 3.05) is 6.61 Å². The first-order valence-electron chi connectivity index (χ1n) is 4.14. The van der Waals surface area contributed by atoms with Crippen LogP contribution in [0.15, 0.2) is 18.2 Å². The van der Waals surface area contributed by atoms with E-state index in [1.54, 1.807) is 6.07 Å². The number of rotatable bonds is 3. The van der Waals surface area contributed by atoms with Gasteiger partial charge in [-0.15, -0.1) is 0 Å². The molecule has 12 heavy (non-hydrogen) atoms. The summed E-state index contributed by atoms with van der Waals surface area (Å²) in [6.45, 7) is 0.828. The van der Waals surface area contributed by atoms with E-state index in [2.05, 4.69) is 6.07 Å². The van der Waals surface area contributed by atoms with E-state index in [9.17, 15) is 0 Å². The Morgan fingerprint density at radius 3 is 3.00 bits per heavy atom. The molecule has 0 aliphatic heterocycles. The van der Waals surface area contributed by atoms with Gasteiger partial charge in [0.05, 0.1) is 6.61 Å². The van der Waals surface area contributed by atoms with E-state index in [0.717, 1.165) is 18.3 Å². The van der Waals surface area contributed by atoms with Crippen LogP contribution in [0.3, 0.4) is 0 Å². The van der Waals surface area contributed by atoms with E-state index < -0.39 is 0 Å². The number of benzene rings is 1. The molecule has 0 spiro atoms. The predicted molar refractivity (Wildman–Crippen MR) is 48.5 cm³/mol. The lowest BCUT2D eigenvalue weighted by Crippen LogP contribution is -1.98. The van der Waals surface area contributed by atoms with Gasteiger partial charge in [-0.3, -0.25) is 0 Å². The van der Waals surface area contributed by atoms with Crippen molar-refractivity contribution in [3.05, 3.63) is 29.3 Å². The van der Waals surface area contributed by atoms with Crippen molar-refractivity contribution in [3.8, 4) is 5.75 Å². The Morgan fingerprint density at radius 2 is 2.33 bits per heavy atom. The predicted octanol–water partition coefficient (Wildman–Crippen LogP) is 2.93. The molecule has 1 aliphatic carbocycles. The Hall–Kier alpha value is -0.690. The van der Waals surface area contributed by atoms with Crippen molar-refractivity contribution in [3.63, 3.8) is 0 Å². The molecule has 1 fully saturated rings. The maximum absolute atomic E-state index is 5.76. The van der Waals surface area contributed by atoms with E-state index in [1.807, 2.05) is 12.1 Å². The van der Waals surface area contributed by atoms with Crippen molar-refractivity contribution in [2.24, 2.45) is 5.92 Å². The summed E-state index contributed by atoms with van der Waals surface area (Å²) in [5.41, 5.74) is 0. The third-order valence-electron chi connectivity index (χ3n) is 1.91. The molecular weight excluding hydrogens is 172 g/mol. The molecule has 0 aromatic heterocycles. The average Bonchev–Trinajstić information content (AvgIpc) is 2.84. The van der Waals surface area contributed by atoms with Crippen LogP contribution in [-0.4, -0.2) is 6.61 Å². The molecule has 2 heteroatoms. The van der Waals surface area contributed by atoms with Crippen LogP contribution in [0.4, 0.5) is 0 Å². The summed E-state index contributed by atoms with van der Waals surface area (Å²) in [5.74, 6) is 1.61. The lowest BCUT2D eigenvalue weighted by Gasteiger charge is -2.03. The molecule has 0 N–H and O–H groups in total. The van der Waals surface area contributed by atoms with E-state index in [0.29, 0.717) is 5.02 Å². The molecule has 1 nitrogen and oxygen atoms in total. The first kappa shape index (κ1) is 7.93. The molecule has 0 saturated heterocycles. The van der Waals surface area contributed by atoms with Crippen LogP contribution in [0.5, 0.6) is 5.75 Å². The van der Waals surface area contributed by atoms with Crippen LogP contribution in [0.1, 0.15) is 12.8 Å². The summed E-state index contributed by atoms with van der Waals surface area (Å²) >= 11 is 5.76. The van der Waals surface area contributed by atoms with E-state index in [1.165, 1.54) is 12.8 Å². The molecular formula is C10H10ClO. The SMILES string of the molecule is Clc1c[c]cc(OCC2CC2)c1. The monoisotopic (exact) mass is 181 g/mol. The van der Waals surface area contributed by atoms with Gasteiger partial charge in [-0.25, -0.2) is 0 Å². The van der Waals surface area contributed by atoms with Crippen molar-refractivity contribution in [1.82, 2.24) is 0 Å². The molecule has 1 aromatic rings. The molecule has 2 rings (SSSR count). The van der Waals surface area contributed by atoms with Crippen molar-refractivity contribution in [1.29, 1.82) is 0 Å². The average molecular weight is 182 g/mol. The second-order valence-corrected chi connectivity index (χ2v) is 3.58. The highest BCUT2D eigenvalue weighted by atomic mass is 35.5. The third kappa shape index (κ3) is 2.15. The maximum atomic E-state index is 5.76. The highest BCUT2D eigenvalue weighted by molar-refractivity contribution is 6.30. The van der Waals surface area contributed by atoms with Gasteiger partial charge >= 0.3 is 0 Å². The fraction of sp³-hybridized carbons (Fsp3) is 0.400. The van der Waals surface area contributed by atoms with Gasteiger partial charge in [-0.1, -0.05) is 11.6 Å². The lowest BCUT2D eigenvalue weighted by atomic mass is 10.3. The van der Waals surface area contributed by atoms with Gasteiger partial charge in [-0.2, -0.15) is 0 Å². The highest BCUT2D eigenvalue weighted by Crippen LogP contribution is 2.29. The molecule has 1 aliphatic rings. The van der Waals surface area contributed by atoms with Crippen molar-refractivity contribution < 1.29 is 4.74 Å². The fourth-order valence-electron chi connectivity index (χ4n) is 1.00.